The Balaban J connectivity index is 2.11. The Hall–Kier alpha value is -1.25. The van der Waals surface area contributed by atoms with Crippen LogP contribution in [0.4, 0.5) is 11.4 Å². The number of β-amino-alcohol motifs (C(OH)–C–C–N with tert-alkyl or cyclic N) is 1. The van der Waals surface area contributed by atoms with E-state index >= 15 is 0 Å². The highest BCUT2D eigenvalue weighted by Crippen LogP contribution is 2.35. The number of halogens is 1. The minimum atomic E-state index is -0.731. The van der Waals surface area contributed by atoms with Crippen molar-refractivity contribution in [3.63, 3.8) is 0 Å². The van der Waals surface area contributed by atoms with Crippen molar-refractivity contribution in [3.8, 4) is 0 Å². The first-order chi connectivity index (χ1) is 9.78. The summed E-state index contributed by atoms with van der Waals surface area (Å²) < 4.78 is 0.632. The highest BCUT2D eigenvalue weighted by molar-refractivity contribution is 9.10. The molecule has 1 aliphatic heterocycles. The molecule has 0 atom stereocenters. The normalized spacial score (nSPS) is 17.0. The van der Waals surface area contributed by atoms with Crippen molar-refractivity contribution in [2.45, 2.75) is 19.4 Å². The second kappa shape index (κ2) is 6.25. The van der Waals surface area contributed by atoms with E-state index in [1.807, 2.05) is 4.90 Å². The average Bonchev–Trinajstić information content (AvgIpc) is 2.37. The van der Waals surface area contributed by atoms with Gasteiger partial charge >= 0.3 is 5.69 Å². The summed E-state index contributed by atoms with van der Waals surface area (Å²) in [6.07, 6.45) is 2.86. The van der Waals surface area contributed by atoms with Gasteiger partial charge in [0.05, 0.1) is 15.0 Å². The van der Waals surface area contributed by atoms with Crippen LogP contribution in [-0.4, -0.2) is 58.2 Å². The first kappa shape index (κ1) is 16.1. The molecule has 1 aromatic heterocycles. The van der Waals surface area contributed by atoms with E-state index < -0.39 is 10.5 Å². The lowest BCUT2D eigenvalue weighted by atomic mass is 10.1. The highest BCUT2D eigenvalue weighted by atomic mass is 79.9. The minimum absolute atomic E-state index is 0.0142. The number of piperazine rings is 1. The van der Waals surface area contributed by atoms with E-state index in [9.17, 15) is 15.2 Å². The number of aromatic nitrogens is 1. The Kier molecular flexibility index (Phi) is 4.80. The molecule has 0 unspecified atom stereocenters. The lowest BCUT2D eigenvalue weighted by molar-refractivity contribution is -0.384. The molecule has 1 fully saturated rings. The van der Waals surface area contributed by atoms with Crippen molar-refractivity contribution in [1.82, 2.24) is 9.88 Å². The maximum Gasteiger partial charge on any atom is 0.311 e. The van der Waals surface area contributed by atoms with E-state index in [2.05, 4.69) is 25.8 Å². The van der Waals surface area contributed by atoms with Gasteiger partial charge in [-0.2, -0.15) is 0 Å². The third-order valence-electron chi connectivity index (χ3n) is 3.35. The molecule has 7 nitrogen and oxygen atoms in total. The Labute approximate surface area is 131 Å². The fourth-order valence-electron chi connectivity index (χ4n) is 2.54. The summed E-state index contributed by atoms with van der Waals surface area (Å²) in [5.41, 5.74) is -0.135. The van der Waals surface area contributed by atoms with Gasteiger partial charge in [0.25, 0.3) is 0 Å². The van der Waals surface area contributed by atoms with Crippen LogP contribution in [0.2, 0.25) is 0 Å². The number of nitro groups is 1. The van der Waals surface area contributed by atoms with Crippen molar-refractivity contribution in [2.75, 3.05) is 37.6 Å². The molecule has 0 bridgehead atoms. The SMILES string of the molecule is CC(C)(O)CN1CCN(c2c(Br)cncc2[N+](=O)[O-])CC1. The fraction of sp³-hybridized carbons (Fsp3) is 0.615. The second-order valence-corrected chi connectivity index (χ2v) is 6.68. The van der Waals surface area contributed by atoms with E-state index in [-0.39, 0.29) is 5.69 Å². The number of aliphatic hydroxyl groups is 1. The van der Waals surface area contributed by atoms with E-state index in [1.54, 1.807) is 20.0 Å². The summed E-state index contributed by atoms with van der Waals surface area (Å²) in [6, 6.07) is 0. The van der Waals surface area contributed by atoms with Crippen molar-refractivity contribution in [3.05, 3.63) is 27.0 Å². The summed E-state index contributed by atoms with van der Waals surface area (Å²) in [5, 5.41) is 21.0. The van der Waals surface area contributed by atoms with Gasteiger partial charge in [-0.15, -0.1) is 0 Å². The molecule has 1 aliphatic rings. The minimum Gasteiger partial charge on any atom is -0.389 e. The van der Waals surface area contributed by atoms with Crippen LogP contribution in [0.1, 0.15) is 13.8 Å². The molecule has 0 saturated carbocycles. The number of pyridine rings is 1. The van der Waals surface area contributed by atoms with Gasteiger partial charge in [0, 0.05) is 38.9 Å². The topological polar surface area (TPSA) is 82.7 Å². The Morgan fingerprint density at radius 1 is 1.38 bits per heavy atom. The van der Waals surface area contributed by atoms with E-state index in [0.29, 0.717) is 29.8 Å². The molecular weight excluding hydrogens is 340 g/mol. The van der Waals surface area contributed by atoms with Crippen LogP contribution in [-0.2, 0) is 0 Å². The van der Waals surface area contributed by atoms with Crippen LogP contribution in [0.5, 0.6) is 0 Å². The predicted octanol–water partition coefficient (Wildman–Crippen LogP) is 1.65. The Morgan fingerprint density at radius 2 is 2.00 bits per heavy atom. The van der Waals surface area contributed by atoms with Crippen LogP contribution < -0.4 is 4.90 Å². The maximum absolute atomic E-state index is 11.1. The molecule has 0 radical (unpaired) electrons. The van der Waals surface area contributed by atoms with E-state index in [0.717, 1.165) is 13.1 Å². The smallest absolute Gasteiger partial charge is 0.311 e. The standard InChI is InChI=1S/C13H19BrN4O3/c1-13(2,19)9-16-3-5-17(6-4-16)12-10(14)7-15-8-11(12)18(20)21/h7-8,19H,3-6,9H2,1-2H3. The lowest BCUT2D eigenvalue weighted by Gasteiger charge is -2.38. The van der Waals surface area contributed by atoms with Crippen LogP contribution in [0.3, 0.4) is 0 Å². The predicted molar refractivity (Wildman–Crippen MR) is 83.5 cm³/mol. The largest absolute Gasteiger partial charge is 0.389 e. The maximum atomic E-state index is 11.1. The van der Waals surface area contributed by atoms with Crippen molar-refractivity contribution in [1.29, 1.82) is 0 Å². The number of nitrogens with zero attached hydrogens (tertiary/aromatic N) is 4. The van der Waals surface area contributed by atoms with Gasteiger partial charge in [0.1, 0.15) is 11.9 Å². The van der Waals surface area contributed by atoms with Gasteiger partial charge in [-0.3, -0.25) is 20.0 Å². The van der Waals surface area contributed by atoms with Crippen molar-refractivity contribution in [2.24, 2.45) is 0 Å². The molecule has 0 amide bonds. The average molecular weight is 359 g/mol. The molecule has 1 aromatic rings. The molecule has 21 heavy (non-hydrogen) atoms. The van der Waals surface area contributed by atoms with Crippen molar-refractivity contribution < 1.29 is 10.0 Å². The molecule has 0 aliphatic carbocycles. The summed E-state index contributed by atoms with van der Waals surface area (Å²) in [4.78, 5) is 18.8. The lowest BCUT2D eigenvalue weighted by Crippen LogP contribution is -2.50. The molecule has 2 heterocycles. The third kappa shape index (κ3) is 4.12. The van der Waals surface area contributed by atoms with Crippen LogP contribution in [0.15, 0.2) is 16.9 Å². The van der Waals surface area contributed by atoms with Gasteiger partial charge in [-0.05, 0) is 29.8 Å². The highest BCUT2D eigenvalue weighted by Gasteiger charge is 2.28. The van der Waals surface area contributed by atoms with E-state index in [1.165, 1.54) is 6.20 Å². The van der Waals surface area contributed by atoms with Crippen LogP contribution >= 0.6 is 15.9 Å². The zero-order chi connectivity index (χ0) is 15.6. The van der Waals surface area contributed by atoms with Gasteiger partial charge in [-0.1, -0.05) is 0 Å². The quantitative estimate of drug-likeness (QED) is 0.650. The first-order valence-corrected chi connectivity index (χ1v) is 7.55. The zero-order valence-electron chi connectivity index (χ0n) is 12.1. The number of hydrogen-bond donors (Lipinski definition) is 1. The Morgan fingerprint density at radius 3 is 2.52 bits per heavy atom. The number of anilines is 1. The summed E-state index contributed by atoms with van der Waals surface area (Å²) in [7, 11) is 0. The van der Waals surface area contributed by atoms with Gasteiger partial charge in [0.2, 0.25) is 0 Å². The van der Waals surface area contributed by atoms with Crippen LogP contribution in [0, 0.1) is 10.1 Å². The molecule has 116 valence electrons. The molecule has 0 spiro atoms. The van der Waals surface area contributed by atoms with Crippen LogP contribution in [0.25, 0.3) is 0 Å². The second-order valence-electron chi connectivity index (χ2n) is 5.82. The summed E-state index contributed by atoms with van der Waals surface area (Å²) in [5.74, 6) is 0. The van der Waals surface area contributed by atoms with E-state index in [4.69, 9.17) is 0 Å². The number of hydrogen-bond acceptors (Lipinski definition) is 6. The fourth-order valence-corrected chi connectivity index (χ4v) is 3.11. The zero-order valence-corrected chi connectivity index (χ0v) is 13.7. The molecule has 2 rings (SSSR count). The van der Waals surface area contributed by atoms with Gasteiger partial charge < -0.3 is 10.0 Å². The third-order valence-corrected chi connectivity index (χ3v) is 3.93. The summed E-state index contributed by atoms with van der Waals surface area (Å²) >= 11 is 3.35. The molecule has 8 heteroatoms. The molecule has 0 aromatic carbocycles. The first-order valence-electron chi connectivity index (χ1n) is 6.75. The molecular formula is C13H19BrN4O3. The van der Waals surface area contributed by atoms with Gasteiger partial charge in [-0.25, -0.2) is 0 Å². The van der Waals surface area contributed by atoms with Gasteiger partial charge in [0.15, 0.2) is 0 Å². The molecule has 1 N–H and O–H groups in total. The van der Waals surface area contributed by atoms with Crippen molar-refractivity contribution >= 4 is 27.3 Å². The monoisotopic (exact) mass is 358 g/mol. The Bertz CT molecular complexity index is 525. The summed E-state index contributed by atoms with van der Waals surface area (Å²) in [6.45, 7) is 7.04. The number of rotatable bonds is 4. The molecule has 1 saturated heterocycles.